The van der Waals surface area contributed by atoms with Crippen molar-refractivity contribution in [3.05, 3.63) is 47.4 Å². The number of nitrogens with zero attached hydrogens (tertiary/aromatic N) is 4. The minimum absolute atomic E-state index is 0.651. The third kappa shape index (κ3) is 3.77. The predicted molar refractivity (Wildman–Crippen MR) is 98.7 cm³/mol. The molecule has 0 aliphatic carbocycles. The van der Waals surface area contributed by atoms with Crippen molar-refractivity contribution in [1.29, 1.82) is 0 Å². The molecule has 1 aliphatic rings. The predicted octanol–water partition coefficient (Wildman–Crippen LogP) is 2.05. The van der Waals surface area contributed by atoms with Gasteiger partial charge in [-0.1, -0.05) is 12.1 Å². The number of benzene rings is 1. The summed E-state index contributed by atoms with van der Waals surface area (Å²) in [6.45, 7) is 6.62. The maximum absolute atomic E-state index is 11.9. The molecule has 7 nitrogen and oxygen atoms in total. The van der Waals surface area contributed by atoms with Gasteiger partial charge in [-0.25, -0.2) is 4.98 Å². The van der Waals surface area contributed by atoms with E-state index in [1.54, 1.807) is 25.4 Å². The Balaban J connectivity index is 1.73. The monoisotopic (exact) mass is 356 g/mol. The molecule has 1 aromatic carbocycles. The number of rotatable bonds is 5. The Bertz CT molecular complexity index is 771. The molecule has 0 saturated carbocycles. The lowest BCUT2D eigenvalue weighted by atomic mass is 10.0. The van der Waals surface area contributed by atoms with Crippen molar-refractivity contribution in [3.63, 3.8) is 0 Å². The van der Waals surface area contributed by atoms with Crippen LogP contribution in [0.15, 0.2) is 30.5 Å². The van der Waals surface area contributed by atoms with Gasteiger partial charge in [0, 0.05) is 32.4 Å². The topological polar surface area (TPSA) is 78.8 Å². The molecule has 0 radical (unpaired) electrons. The smallest absolute Gasteiger partial charge is 0.325 e. The van der Waals surface area contributed by atoms with Gasteiger partial charge in [0.15, 0.2) is 0 Å². The van der Waals surface area contributed by atoms with Crippen LogP contribution in [-0.2, 0) is 4.79 Å². The lowest BCUT2D eigenvalue weighted by Crippen LogP contribution is -2.49. The lowest BCUT2D eigenvalue weighted by Gasteiger charge is -2.38. The molecule has 7 heteroatoms. The zero-order chi connectivity index (χ0) is 18.7. The van der Waals surface area contributed by atoms with Crippen LogP contribution < -0.4 is 9.64 Å². The maximum Gasteiger partial charge on any atom is 0.325 e. The van der Waals surface area contributed by atoms with Gasteiger partial charge in [0.2, 0.25) is 0 Å². The average Bonchev–Trinajstić information content (AvgIpc) is 2.65. The zero-order valence-corrected chi connectivity index (χ0v) is 15.3. The first-order valence-corrected chi connectivity index (χ1v) is 8.65. The van der Waals surface area contributed by atoms with Crippen LogP contribution in [0.4, 0.5) is 5.82 Å². The van der Waals surface area contributed by atoms with E-state index in [4.69, 9.17) is 4.74 Å². The van der Waals surface area contributed by atoms with Gasteiger partial charge in [-0.3, -0.25) is 14.7 Å². The lowest BCUT2D eigenvalue weighted by molar-refractivity contribution is -0.143. The second-order valence-electron chi connectivity index (χ2n) is 6.46. The number of anilines is 1. The highest BCUT2D eigenvalue weighted by Gasteiger charge is 2.31. The van der Waals surface area contributed by atoms with Gasteiger partial charge >= 0.3 is 5.97 Å². The van der Waals surface area contributed by atoms with Gasteiger partial charge < -0.3 is 14.7 Å². The van der Waals surface area contributed by atoms with E-state index < -0.39 is 12.0 Å². The van der Waals surface area contributed by atoms with Crippen molar-refractivity contribution in [1.82, 2.24) is 14.9 Å². The van der Waals surface area contributed by atoms with Crippen LogP contribution in [0.2, 0.25) is 0 Å². The highest BCUT2D eigenvalue weighted by molar-refractivity contribution is 5.75. The minimum atomic E-state index is -0.838. The number of carbonyl (C=O) groups is 1. The summed E-state index contributed by atoms with van der Waals surface area (Å²) in [6.07, 6.45) is 1.76. The van der Waals surface area contributed by atoms with E-state index in [1.165, 1.54) is 0 Å². The summed E-state index contributed by atoms with van der Waals surface area (Å²) in [4.78, 5) is 25.0. The molecule has 0 spiro atoms. The highest BCUT2D eigenvalue weighted by atomic mass is 16.5. The summed E-state index contributed by atoms with van der Waals surface area (Å²) in [5.74, 6) is 0.771. The van der Waals surface area contributed by atoms with Crippen molar-refractivity contribution < 1.29 is 14.6 Å². The van der Waals surface area contributed by atoms with Gasteiger partial charge in [-0.05, 0) is 31.5 Å². The quantitative estimate of drug-likeness (QED) is 0.878. The van der Waals surface area contributed by atoms with E-state index in [-0.39, 0.29) is 0 Å². The Morgan fingerprint density at radius 3 is 2.38 bits per heavy atom. The number of carboxylic acid groups (broad SMARTS) is 1. The fourth-order valence-electron chi connectivity index (χ4n) is 3.31. The van der Waals surface area contributed by atoms with Crippen LogP contribution in [0.3, 0.4) is 0 Å². The molecular weight excluding hydrogens is 332 g/mol. The van der Waals surface area contributed by atoms with E-state index in [0.717, 1.165) is 41.6 Å². The fourth-order valence-corrected chi connectivity index (χ4v) is 3.31. The standard InChI is InChI=1S/C19H24N4O3/c1-13-12-20-14(2)18(21-13)23-10-8-22(9-11-23)17(19(24)25)15-4-6-16(26-3)7-5-15/h4-7,12,17H,8-11H2,1-3H3,(H,24,25)/t17-/m0/s1. The Labute approximate surface area is 153 Å². The molecule has 26 heavy (non-hydrogen) atoms. The molecule has 138 valence electrons. The summed E-state index contributed by atoms with van der Waals surface area (Å²) in [7, 11) is 1.60. The van der Waals surface area contributed by atoms with Gasteiger partial charge in [0.1, 0.15) is 17.6 Å². The van der Waals surface area contributed by atoms with Crippen molar-refractivity contribution in [2.75, 3.05) is 38.2 Å². The summed E-state index contributed by atoms with van der Waals surface area (Å²) < 4.78 is 5.16. The van der Waals surface area contributed by atoms with E-state index in [1.807, 2.05) is 30.9 Å². The number of hydrogen-bond acceptors (Lipinski definition) is 6. The van der Waals surface area contributed by atoms with E-state index >= 15 is 0 Å². The molecule has 3 rings (SSSR count). The number of hydrogen-bond donors (Lipinski definition) is 1. The van der Waals surface area contributed by atoms with Gasteiger partial charge in [-0.2, -0.15) is 0 Å². The van der Waals surface area contributed by atoms with E-state index in [9.17, 15) is 9.90 Å². The first-order chi connectivity index (χ1) is 12.5. The molecular formula is C19H24N4O3. The normalized spacial score (nSPS) is 16.3. The molecule has 1 aromatic heterocycles. The number of methoxy groups -OCH3 is 1. The Kier molecular flexibility index (Phi) is 5.37. The molecule has 1 fully saturated rings. The molecule has 1 N–H and O–H groups in total. The Morgan fingerprint density at radius 1 is 1.15 bits per heavy atom. The van der Waals surface area contributed by atoms with Gasteiger partial charge in [0.25, 0.3) is 0 Å². The van der Waals surface area contributed by atoms with Crippen LogP contribution >= 0.6 is 0 Å². The highest BCUT2D eigenvalue weighted by Crippen LogP contribution is 2.26. The largest absolute Gasteiger partial charge is 0.497 e. The van der Waals surface area contributed by atoms with Crippen LogP contribution in [0, 0.1) is 13.8 Å². The molecule has 2 heterocycles. The second-order valence-corrected chi connectivity index (χ2v) is 6.46. The van der Waals surface area contributed by atoms with Gasteiger partial charge in [-0.15, -0.1) is 0 Å². The number of carboxylic acids is 1. The first-order valence-electron chi connectivity index (χ1n) is 8.65. The van der Waals surface area contributed by atoms with Crippen molar-refractivity contribution in [2.24, 2.45) is 0 Å². The van der Waals surface area contributed by atoms with E-state index in [0.29, 0.717) is 13.1 Å². The Morgan fingerprint density at radius 2 is 1.81 bits per heavy atom. The van der Waals surface area contributed by atoms with Crippen molar-refractivity contribution >= 4 is 11.8 Å². The second kappa shape index (κ2) is 7.70. The number of aryl methyl sites for hydroxylation is 2. The first kappa shape index (κ1) is 18.1. The number of ether oxygens (including phenoxy) is 1. The molecule has 2 aromatic rings. The van der Waals surface area contributed by atoms with Gasteiger partial charge in [0.05, 0.1) is 18.5 Å². The summed E-state index contributed by atoms with van der Waals surface area (Å²) in [5.41, 5.74) is 2.54. The number of piperazine rings is 1. The summed E-state index contributed by atoms with van der Waals surface area (Å²) in [5, 5.41) is 9.76. The molecule has 0 amide bonds. The zero-order valence-electron chi connectivity index (χ0n) is 15.3. The Hall–Kier alpha value is -2.67. The van der Waals surface area contributed by atoms with Crippen LogP contribution in [0.5, 0.6) is 5.75 Å². The average molecular weight is 356 g/mol. The van der Waals surface area contributed by atoms with Crippen molar-refractivity contribution in [3.8, 4) is 5.75 Å². The van der Waals surface area contributed by atoms with Crippen LogP contribution in [0.25, 0.3) is 0 Å². The van der Waals surface area contributed by atoms with Crippen LogP contribution in [0.1, 0.15) is 23.0 Å². The van der Waals surface area contributed by atoms with E-state index in [2.05, 4.69) is 14.9 Å². The fraction of sp³-hybridized carbons (Fsp3) is 0.421. The molecule has 1 atom stereocenters. The molecule has 1 aliphatic heterocycles. The number of aromatic nitrogens is 2. The summed E-state index contributed by atoms with van der Waals surface area (Å²) in [6, 6.07) is 6.58. The van der Waals surface area contributed by atoms with Crippen molar-refractivity contribution in [2.45, 2.75) is 19.9 Å². The molecule has 0 bridgehead atoms. The molecule has 1 saturated heterocycles. The SMILES string of the molecule is COc1ccc([C@@H](C(=O)O)N2CCN(c3nc(C)cnc3C)CC2)cc1. The van der Waals surface area contributed by atoms with Crippen LogP contribution in [-0.4, -0.2) is 59.2 Å². The third-order valence-electron chi connectivity index (χ3n) is 4.70. The summed E-state index contributed by atoms with van der Waals surface area (Å²) >= 11 is 0. The third-order valence-corrected chi connectivity index (χ3v) is 4.70. The number of aliphatic carboxylic acids is 1. The minimum Gasteiger partial charge on any atom is -0.497 e. The maximum atomic E-state index is 11.9. The molecule has 0 unspecified atom stereocenters.